The lowest BCUT2D eigenvalue weighted by Crippen LogP contribution is -2.23. The summed E-state index contributed by atoms with van der Waals surface area (Å²) in [6, 6.07) is 11.5. The summed E-state index contributed by atoms with van der Waals surface area (Å²) in [7, 11) is 1.63. The molecule has 128 valence electrons. The normalized spacial score (nSPS) is 16.3. The second-order valence-corrected chi connectivity index (χ2v) is 6.09. The molecule has 2 aliphatic heterocycles. The van der Waals surface area contributed by atoms with Crippen LogP contribution in [0.25, 0.3) is 5.70 Å². The summed E-state index contributed by atoms with van der Waals surface area (Å²) >= 11 is 0. The molecule has 25 heavy (non-hydrogen) atoms. The highest BCUT2D eigenvalue weighted by Gasteiger charge is 2.22. The molecule has 2 heterocycles. The molecule has 5 heteroatoms. The molecule has 0 fully saturated rings. The number of allylic oxidation sites excluding steroid dienone is 1. The third-order valence-electron chi connectivity index (χ3n) is 4.44. The first kappa shape index (κ1) is 15.6. The number of ether oxygens (including phenoxy) is 3. The molecule has 0 atom stereocenters. The lowest BCUT2D eigenvalue weighted by molar-refractivity contribution is -0.114. The van der Waals surface area contributed by atoms with E-state index < -0.39 is 0 Å². The molecule has 0 bridgehead atoms. The van der Waals surface area contributed by atoms with Crippen molar-refractivity contribution < 1.29 is 19.0 Å². The van der Waals surface area contributed by atoms with Crippen LogP contribution in [-0.2, 0) is 17.6 Å². The summed E-state index contributed by atoms with van der Waals surface area (Å²) in [5, 5.41) is 3.33. The van der Waals surface area contributed by atoms with Crippen LogP contribution in [0.15, 0.2) is 42.5 Å². The SMILES string of the molecule is COc1ccc(CC(=O)/C=C2\NCCc3cc4c(cc32)OCO4)cc1. The lowest BCUT2D eigenvalue weighted by Gasteiger charge is -2.21. The van der Waals surface area contributed by atoms with E-state index in [1.807, 2.05) is 36.4 Å². The fraction of sp³-hybridized carbons (Fsp3) is 0.250. The zero-order valence-corrected chi connectivity index (χ0v) is 14.0. The van der Waals surface area contributed by atoms with Crippen LogP contribution in [0.4, 0.5) is 0 Å². The number of rotatable bonds is 4. The van der Waals surface area contributed by atoms with Gasteiger partial charge in [-0.2, -0.15) is 0 Å². The van der Waals surface area contributed by atoms with E-state index in [9.17, 15) is 4.79 Å². The minimum absolute atomic E-state index is 0.0539. The van der Waals surface area contributed by atoms with E-state index in [0.29, 0.717) is 6.42 Å². The first-order valence-electron chi connectivity index (χ1n) is 8.27. The van der Waals surface area contributed by atoms with Crippen LogP contribution >= 0.6 is 0 Å². The van der Waals surface area contributed by atoms with Gasteiger partial charge in [-0.15, -0.1) is 0 Å². The summed E-state index contributed by atoms with van der Waals surface area (Å²) in [6.07, 6.45) is 2.94. The largest absolute Gasteiger partial charge is 0.497 e. The van der Waals surface area contributed by atoms with Crippen molar-refractivity contribution in [2.75, 3.05) is 20.4 Å². The third kappa shape index (κ3) is 3.18. The van der Waals surface area contributed by atoms with E-state index in [2.05, 4.69) is 5.32 Å². The average Bonchev–Trinajstić information content (AvgIpc) is 3.08. The number of methoxy groups -OCH3 is 1. The Labute approximate surface area is 146 Å². The highest BCUT2D eigenvalue weighted by atomic mass is 16.7. The van der Waals surface area contributed by atoms with Crippen molar-refractivity contribution in [3.8, 4) is 17.2 Å². The van der Waals surface area contributed by atoms with Crippen molar-refractivity contribution in [2.24, 2.45) is 0 Å². The Morgan fingerprint density at radius 3 is 2.72 bits per heavy atom. The molecule has 0 radical (unpaired) electrons. The Balaban J connectivity index is 1.56. The first-order valence-corrected chi connectivity index (χ1v) is 8.27. The lowest BCUT2D eigenvalue weighted by atomic mass is 9.96. The zero-order valence-electron chi connectivity index (χ0n) is 14.0. The molecule has 2 aromatic rings. The van der Waals surface area contributed by atoms with Crippen LogP contribution in [0.5, 0.6) is 17.2 Å². The van der Waals surface area contributed by atoms with E-state index in [0.717, 1.165) is 47.0 Å². The Hall–Kier alpha value is -2.95. The number of carbonyl (C=O) groups excluding carboxylic acids is 1. The number of ketones is 1. The van der Waals surface area contributed by atoms with Gasteiger partial charge >= 0.3 is 0 Å². The Bertz CT molecular complexity index is 840. The molecule has 0 spiro atoms. The average molecular weight is 337 g/mol. The summed E-state index contributed by atoms with van der Waals surface area (Å²) in [5.41, 5.74) is 3.99. The second-order valence-electron chi connectivity index (χ2n) is 6.09. The number of carbonyl (C=O) groups is 1. The molecular formula is C20H19NO4. The van der Waals surface area contributed by atoms with Crippen LogP contribution in [0, 0.1) is 0 Å². The molecule has 0 saturated carbocycles. The van der Waals surface area contributed by atoms with E-state index in [-0.39, 0.29) is 12.6 Å². The smallest absolute Gasteiger partial charge is 0.231 e. The van der Waals surface area contributed by atoms with E-state index in [1.54, 1.807) is 13.2 Å². The maximum atomic E-state index is 12.5. The predicted molar refractivity (Wildman–Crippen MR) is 94.0 cm³/mol. The standard InChI is InChI=1S/C20H19NO4/c1-23-16-4-2-13(3-5-16)8-15(22)10-18-17-11-20-19(24-12-25-20)9-14(17)6-7-21-18/h2-5,9-11,21H,6-8,12H2,1H3/b18-10-. The molecule has 2 aromatic carbocycles. The van der Waals surface area contributed by atoms with E-state index in [1.165, 1.54) is 5.56 Å². The van der Waals surface area contributed by atoms with Crippen LogP contribution in [0.1, 0.15) is 16.7 Å². The first-order chi connectivity index (χ1) is 12.2. The van der Waals surface area contributed by atoms with Crippen molar-refractivity contribution in [3.05, 3.63) is 59.2 Å². The number of hydrogen-bond donors (Lipinski definition) is 1. The highest BCUT2D eigenvalue weighted by molar-refractivity contribution is 5.98. The van der Waals surface area contributed by atoms with Crippen molar-refractivity contribution >= 4 is 11.5 Å². The van der Waals surface area contributed by atoms with Gasteiger partial charge in [-0.3, -0.25) is 4.79 Å². The van der Waals surface area contributed by atoms with Gasteiger partial charge in [0, 0.05) is 30.3 Å². The van der Waals surface area contributed by atoms with Gasteiger partial charge in [0.1, 0.15) is 5.75 Å². The maximum absolute atomic E-state index is 12.5. The Kier molecular flexibility index (Phi) is 4.06. The monoisotopic (exact) mass is 337 g/mol. The van der Waals surface area contributed by atoms with Gasteiger partial charge in [0.05, 0.1) is 7.11 Å². The van der Waals surface area contributed by atoms with Crippen molar-refractivity contribution in [3.63, 3.8) is 0 Å². The molecule has 0 aliphatic carbocycles. The van der Waals surface area contributed by atoms with Crippen molar-refractivity contribution in [2.45, 2.75) is 12.8 Å². The van der Waals surface area contributed by atoms with Crippen LogP contribution in [-0.4, -0.2) is 26.2 Å². The third-order valence-corrected chi connectivity index (χ3v) is 4.44. The molecule has 1 N–H and O–H groups in total. The van der Waals surface area contributed by atoms with Gasteiger partial charge in [0.15, 0.2) is 17.3 Å². The Morgan fingerprint density at radius 2 is 1.96 bits per heavy atom. The molecule has 0 unspecified atom stereocenters. The molecular weight excluding hydrogens is 318 g/mol. The number of hydrogen-bond acceptors (Lipinski definition) is 5. The van der Waals surface area contributed by atoms with Crippen molar-refractivity contribution in [1.29, 1.82) is 0 Å². The molecule has 0 saturated heterocycles. The van der Waals surface area contributed by atoms with Crippen LogP contribution in [0.2, 0.25) is 0 Å². The van der Waals surface area contributed by atoms with Crippen LogP contribution < -0.4 is 19.5 Å². The summed E-state index contributed by atoms with van der Waals surface area (Å²) < 4.78 is 16.0. The Morgan fingerprint density at radius 1 is 1.20 bits per heavy atom. The highest BCUT2D eigenvalue weighted by Crippen LogP contribution is 2.38. The molecule has 2 aliphatic rings. The van der Waals surface area contributed by atoms with Gasteiger partial charge in [-0.1, -0.05) is 12.1 Å². The maximum Gasteiger partial charge on any atom is 0.231 e. The summed E-state index contributed by atoms with van der Waals surface area (Å²) in [6.45, 7) is 1.05. The quantitative estimate of drug-likeness (QED) is 0.870. The van der Waals surface area contributed by atoms with E-state index >= 15 is 0 Å². The van der Waals surface area contributed by atoms with E-state index in [4.69, 9.17) is 14.2 Å². The predicted octanol–water partition coefficient (Wildman–Crippen LogP) is 2.72. The van der Waals surface area contributed by atoms with Crippen molar-refractivity contribution in [1.82, 2.24) is 5.32 Å². The molecule has 4 rings (SSSR count). The second kappa shape index (κ2) is 6.51. The molecule has 0 aromatic heterocycles. The minimum Gasteiger partial charge on any atom is -0.497 e. The van der Waals surface area contributed by atoms with Gasteiger partial charge in [0.25, 0.3) is 0 Å². The fourth-order valence-electron chi connectivity index (χ4n) is 3.15. The summed E-state index contributed by atoms with van der Waals surface area (Å²) in [4.78, 5) is 12.5. The minimum atomic E-state index is 0.0539. The van der Waals surface area contributed by atoms with Gasteiger partial charge < -0.3 is 19.5 Å². The topological polar surface area (TPSA) is 56.8 Å². The van der Waals surface area contributed by atoms with Crippen LogP contribution in [0.3, 0.4) is 0 Å². The zero-order chi connectivity index (χ0) is 17.2. The number of benzene rings is 2. The fourth-order valence-corrected chi connectivity index (χ4v) is 3.15. The van der Waals surface area contributed by atoms with Gasteiger partial charge in [-0.05, 0) is 41.8 Å². The number of fused-ring (bicyclic) bond motifs is 2. The molecule has 0 amide bonds. The van der Waals surface area contributed by atoms with Gasteiger partial charge in [0.2, 0.25) is 6.79 Å². The summed E-state index contributed by atoms with van der Waals surface area (Å²) in [5.74, 6) is 2.35. The molecule has 5 nitrogen and oxygen atoms in total. The van der Waals surface area contributed by atoms with Gasteiger partial charge in [-0.25, -0.2) is 0 Å². The number of nitrogens with one attached hydrogen (secondary N) is 1.